The predicted octanol–water partition coefficient (Wildman–Crippen LogP) is 2.48. The van der Waals surface area contributed by atoms with Crippen molar-refractivity contribution >= 4 is 16.6 Å². The average molecular weight is 215 g/mol. The molecular formula is C13H17N3. The summed E-state index contributed by atoms with van der Waals surface area (Å²) in [5.41, 5.74) is 3.69. The molecule has 2 aromatic rings. The van der Waals surface area contributed by atoms with Crippen LogP contribution in [0.3, 0.4) is 0 Å². The third-order valence-electron chi connectivity index (χ3n) is 3.58. The van der Waals surface area contributed by atoms with Gasteiger partial charge in [-0.2, -0.15) is 5.10 Å². The molecule has 1 aromatic heterocycles. The Morgan fingerprint density at radius 1 is 1.19 bits per heavy atom. The highest BCUT2D eigenvalue weighted by atomic mass is 15.3. The van der Waals surface area contributed by atoms with Gasteiger partial charge in [-0.1, -0.05) is 0 Å². The molecule has 1 aromatic carbocycles. The van der Waals surface area contributed by atoms with Gasteiger partial charge in [-0.3, -0.25) is 4.68 Å². The maximum absolute atomic E-state index is 4.48. The lowest BCUT2D eigenvalue weighted by molar-refractivity contribution is 0.751. The first kappa shape index (κ1) is 9.70. The average Bonchev–Trinajstić information content (AvgIpc) is 2.89. The number of aryl methyl sites for hydroxylation is 2. The Morgan fingerprint density at radius 2 is 1.94 bits per heavy atom. The molecule has 0 saturated carbocycles. The summed E-state index contributed by atoms with van der Waals surface area (Å²) in [5, 5.41) is 5.76. The molecular weight excluding hydrogens is 198 g/mol. The molecule has 0 atom stereocenters. The van der Waals surface area contributed by atoms with E-state index in [0.717, 1.165) is 5.52 Å². The summed E-state index contributed by atoms with van der Waals surface area (Å²) in [4.78, 5) is 2.46. The highest BCUT2D eigenvalue weighted by Crippen LogP contribution is 2.26. The molecule has 0 bridgehead atoms. The van der Waals surface area contributed by atoms with Crippen LogP contribution in [0.1, 0.15) is 18.5 Å². The topological polar surface area (TPSA) is 21.1 Å². The van der Waals surface area contributed by atoms with E-state index in [1.165, 1.54) is 42.7 Å². The number of rotatable bonds is 1. The first-order chi connectivity index (χ1) is 7.75. The van der Waals surface area contributed by atoms with Gasteiger partial charge >= 0.3 is 0 Å². The van der Waals surface area contributed by atoms with Crippen molar-refractivity contribution in [3.05, 3.63) is 23.9 Å². The second-order valence-electron chi connectivity index (χ2n) is 4.60. The van der Waals surface area contributed by atoms with Crippen LogP contribution >= 0.6 is 0 Å². The third-order valence-corrected chi connectivity index (χ3v) is 3.58. The van der Waals surface area contributed by atoms with Crippen LogP contribution in [-0.2, 0) is 7.05 Å². The Kier molecular flexibility index (Phi) is 2.13. The first-order valence-electron chi connectivity index (χ1n) is 5.94. The molecule has 16 heavy (non-hydrogen) atoms. The summed E-state index contributed by atoms with van der Waals surface area (Å²) in [6.07, 6.45) is 2.65. The molecule has 0 aliphatic carbocycles. The van der Waals surface area contributed by atoms with E-state index in [1.54, 1.807) is 0 Å². The number of hydrogen-bond acceptors (Lipinski definition) is 2. The summed E-state index contributed by atoms with van der Waals surface area (Å²) < 4.78 is 1.96. The summed E-state index contributed by atoms with van der Waals surface area (Å²) in [6.45, 7) is 4.53. The van der Waals surface area contributed by atoms with Crippen molar-refractivity contribution in [2.24, 2.45) is 7.05 Å². The zero-order chi connectivity index (χ0) is 11.1. The highest BCUT2D eigenvalue weighted by Gasteiger charge is 2.13. The number of benzene rings is 1. The quantitative estimate of drug-likeness (QED) is 0.728. The van der Waals surface area contributed by atoms with Crippen molar-refractivity contribution in [2.45, 2.75) is 19.8 Å². The minimum Gasteiger partial charge on any atom is -0.372 e. The van der Waals surface area contributed by atoms with Gasteiger partial charge < -0.3 is 4.90 Å². The predicted molar refractivity (Wildman–Crippen MR) is 66.9 cm³/mol. The number of anilines is 1. The Bertz CT molecular complexity index is 521. The molecule has 0 unspecified atom stereocenters. The van der Waals surface area contributed by atoms with Gasteiger partial charge in [-0.15, -0.1) is 0 Å². The fourth-order valence-electron chi connectivity index (χ4n) is 2.48. The largest absolute Gasteiger partial charge is 0.372 e. The van der Waals surface area contributed by atoms with E-state index >= 15 is 0 Å². The Morgan fingerprint density at radius 3 is 2.69 bits per heavy atom. The molecule has 2 heterocycles. The van der Waals surface area contributed by atoms with Crippen molar-refractivity contribution in [1.82, 2.24) is 9.78 Å². The van der Waals surface area contributed by atoms with E-state index in [-0.39, 0.29) is 0 Å². The Labute approximate surface area is 95.7 Å². The first-order valence-corrected chi connectivity index (χ1v) is 5.94. The van der Waals surface area contributed by atoms with Crippen LogP contribution in [0.5, 0.6) is 0 Å². The highest BCUT2D eigenvalue weighted by molar-refractivity contribution is 5.85. The maximum Gasteiger partial charge on any atom is 0.0927 e. The molecule has 1 fully saturated rings. The molecule has 0 radical (unpaired) electrons. The minimum atomic E-state index is 1.10. The van der Waals surface area contributed by atoms with Crippen LogP contribution in [0.2, 0.25) is 0 Å². The summed E-state index contributed by atoms with van der Waals surface area (Å²) in [5.74, 6) is 0. The summed E-state index contributed by atoms with van der Waals surface area (Å²) in [6, 6.07) is 6.61. The third kappa shape index (κ3) is 1.39. The van der Waals surface area contributed by atoms with E-state index in [9.17, 15) is 0 Å². The summed E-state index contributed by atoms with van der Waals surface area (Å²) >= 11 is 0. The molecule has 1 saturated heterocycles. The van der Waals surface area contributed by atoms with E-state index in [0.29, 0.717) is 0 Å². The Balaban J connectivity index is 2.10. The van der Waals surface area contributed by atoms with Crippen molar-refractivity contribution in [1.29, 1.82) is 0 Å². The lowest BCUT2D eigenvalue weighted by Gasteiger charge is -2.17. The van der Waals surface area contributed by atoms with Crippen molar-refractivity contribution in [3.63, 3.8) is 0 Å². The van der Waals surface area contributed by atoms with Gasteiger partial charge in [0.2, 0.25) is 0 Å². The van der Waals surface area contributed by atoms with Crippen molar-refractivity contribution in [2.75, 3.05) is 18.0 Å². The molecule has 3 heteroatoms. The van der Waals surface area contributed by atoms with E-state index < -0.39 is 0 Å². The fourth-order valence-corrected chi connectivity index (χ4v) is 2.48. The van der Waals surface area contributed by atoms with Crippen LogP contribution in [-0.4, -0.2) is 22.9 Å². The van der Waals surface area contributed by atoms with Gasteiger partial charge in [0.05, 0.1) is 5.52 Å². The molecule has 0 amide bonds. The van der Waals surface area contributed by atoms with Gasteiger partial charge in [-0.05, 0) is 38.0 Å². The van der Waals surface area contributed by atoms with Gasteiger partial charge in [0.15, 0.2) is 0 Å². The lowest BCUT2D eigenvalue weighted by Crippen LogP contribution is -2.17. The molecule has 0 N–H and O–H groups in total. The molecule has 1 aliphatic rings. The standard InChI is InChI=1S/C13H17N3/c1-10-12-9-11(16-7-3-4-8-16)5-6-13(12)14-15(10)2/h5-6,9H,3-4,7-8H2,1-2H3. The minimum absolute atomic E-state index is 1.10. The monoisotopic (exact) mass is 215 g/mol. The number of aromatic nitrogens is 2. The van der Waals surface area contributed by atoms with Crippen molar-refractivity contribution < 1.29 is 0 Å². The van der Waals surface area contributed by atoms with Crippen LogP contribution in [0, 0.1) is 6.92 Å². The van der Waals surface area contributed by atoms with E-state index in [1.807, 2.05) is 11.7 Å². The normalized spacial score (nSPS) is 16.2. The van der Waals surface area contributed by atoms with Gasteiger partial charge in [0, 0.05) is 36.9 Å². The van der Waals surface area contributed by atoms with Gasteiger partial charge in [0.1, 0.15) is 0 Å². The second-order valence-corrected chi connectivity index (χ2v) is 4.60. The number of nitrogens with zero attached hydrogens (tertiary/aromatic N) is 3. The fraction of sp³-hybridized carbons (Fsp3) is 0.462. The molecule has 1 aliphatic heterocycles. The van der Waals surface area contributed by atoms with Crippen LogP contribution in [0.4, 0.5) is 5.69 Å². The van der Waals surface area contributed by atoms with Crippen LogP contribution < -0.4 is 4.90 Å². The van der Waals surface area contributed by atoms with Gasteiger partial charge in [0.25, 0.3) is 0 Å². The number of fused-ring (bicyclic) bond motifs is 1. The maximum atomic E-state index is 4.48. The Hall–Kier alpha value is -1.51. The summed E-state index contributed by atoms with van der Waals surface area (Å²) in [7, 11) is 2.00. The number of hydrogen-bond donors (Lipinski definition) is 0. The zero-order valence-electron chi connectivity index (χ0n) is 9.90. The van der Waals surface area contributed by atoms with Gasteiger partial charge in [-0.25, -0.2) is 0 Å². The molecule has 84 valence electrons. The molecule has 3 rings (SSSR count). The molecule has 3 nitrogen and oxygen atoms in total. The SMILES string of the molecule is Cc1c2cc(N3CCCC3)ccc2nn1C. The van der Waals surface area contributed by atoms with E-state index in [4.69, 9.17) is 0 Å². The molecule has 0 spiro atoms. The lowest BCUT2D eigenvalue weighted by atomic mass is 10.2. The van der Waals surface area contributed by atoms with E-state index in [2.05, 4.69) is 35.1 Å². The zero-order valence-corrected chi connectivity index (χ0v) is 9.90. The smallest absolute Gasteiger partial charge is 0.0927 e. The second kappa shape index (κ2) is 3.51. The van der Waals surface area contributed by atoms with Crippen LogP contribution in [0.25, 0.3) is 10.9 Å². The van der Waals surface area contributed by atoms with Crippen LogP contribution in [0.15, 0.2) is 18.2 Å². The van der Waals surface area contributed by atoms with Crippen molar-refractivity contribution in [3.8, 4) is 0 Å².